The number of rotatable bonds is 2. The molecule has 0 saturated carbocycles. The van der Waals surface area contributed by atoms with Gasteiger partial charge in [-0.05, 0) is 72.3 Å². The van der Waals surface area contributed by atoms with E-state index < -0.39 is 0 Å². The SMILES string of the molecule is CC1=C(C)C(C)(C)C(C2C(c3ccccc3)=C(C)c3ccccc32)=C1C. The largest absolute Gasteiger partial charge is 0.0622 e. The Hall–Kier alpha value is -2.34. The van der Waals surface area contributed by atoms with Crippen LogP contribution >= 0.6 is 0 Å². The van der Waals surface area contributed by atoms with Gasteiger partial charge in [-0.25, -0.2) is 0 Å². The van der Waals surface area contributed by atoms with E-state index in [9.17, 15) is 0 Å². The maximum absolute atomic E-state index is 2.40. The van der Waals surface area contributed by atoms with Gasteiger partial charge in [-0.1, -0.05) is 74.0 Å². The molecule has 26 heavy (non-hydrogen) atoms. The highest BCUT2D eigenvalue weighted by molar-refractivity contribution is 6.00. The third kappa shape index (κ3) is 2.21. The Kier molecular flexibility index (Phi) is 3.84. The zero-order valence-electron chi connectivity index (χ0n) is 16.8. The van der Waals surface area contributed by atoms with Crippen molar-refractivity contribution >= 4 is 11.1 Å². The molecule has 0 nitrogen and oxygen atoms in total. The summed E-state index contributed by atoms with van der Waals surface area (Å²) in [6.07, 6.45) is 0. The van der Waals surface area contributed by atoms with E-state index in [4.69, 9.17) is 0 Å². The van der Waals surface area contributed by atoms with Gasteiger partial charge in [0.1, 0.15) is 0 Å². The van der Waals surface area contributed by atoms with Crippen molar-refractivity contribution in [2.24, 2.45) is 5.41 Å². The van der Waals surface area contributed by atoms with E-state index in [2.05, 4.69) is 96.1 Å². The van der Waals surface area contributed by atoms with Gasteiger partial charge in [-0.2, -0.15) is 0 Å². The normalized spacial score (nSPS) is 21.7. The highest BCUT2D eigenvalue weighted by Crippen LogP contribution is 2.59. The average Bonchev–Trinajstić information content (AvgIpc) is 3.01. The summed E-state index contributed by atoms with van der Waals surface area (Å²) in [6, 6.07) is 19.9. The third-order valence-electron chi connectivity index (χ3n) is 6.88. The molecule has 0 heteroatoms. The van der Waals surface area contributed by atoms with E-state index in [1.807, 2.05) is 0 Å². The second-order valence-electron chi connectivity index (χ2n) is 8.34. The molecule has 0 saturated heterocycles. The molecule has 1 atom stereocenters. The van der Waals surface area contributed by atoms with Crippen molar-refractivity contribution in [3.63, 3.8) is 0 Å². The molecule has 0 spiro atoms. The monoisotopic (exact) mass is 340 g/mol. The predicted molar refractivity (Wildman–Crippen MR) is 113 cm³/mol. The van der Waals surface area contributed by atoms with E-state index in [0.717, 1.165) is 0 Å². The van der Waals surface area contributed by atoms with Gasteiger partial charge in [0, 0.05) is 11.3 Å². The van der Waals surface area contributed by atoms with Crippen molar-refractivity contribution in [3.05, 3.63) is 93.6 Å². The smallest absolute Gasteiger partial charge is 0.0328 e. The first-order valence-corrected chi connectivity index (χ1v) is 9.60. The van der Waals surface area contributed by atoms with Gasteiger partial charge >= 0.3 is 0 Å². The van der Waals surface area contributed by atoms with Crippen LogP contribution in [0.3, 0.4) is 0 Å². The van der Waals surface area contributed by atoms with E-state index in [0.29, 0.717) is 5.92 Å². The summed E-state index contributed by atoms with van der Waals surface area (Å²) in [5, 5.41) is 0. The molecule has 132 valence electrons. The van der Waals surface area contributed by atoms with Crippen LogP contribution in [0.5, 0.6) is 0 Å². The molecule has 2 aromatic rings. The maximum Gasteiger partial charge on any atom is 0.0328 e. The van der Waals surface area contributed by atoms with Crippen molar-refractivity contribution in [3.8, 4) is 0 Å². The van der Waals surface area contributed by atoms with E-state index in [1.165, 1.54) is 44.6 Å². The van der Waals surface area contributed by atoms with Crippen molar-refractivity contribution in [1.82, 2.24) is 0 Å². The van der Waals surface area contributed by atoms with Crippen LogP contribution < -0.4 is 0 Å². The average molecular weight is 341 g/mol. The number of fused-ring (bicyclic) bond motifs is 1. The molecule has 0 bridgehead atoms. The third-order valence-corrected chi connectivity index (χ3v) is 6.88. The Bertz CT molecular complexity index is 978. The van der Waals surface area contributed by atoms with Crippen molar-refractivity contribution in [2.45, 2.75) is 47.5 Å². The zero-order valence-corrected chi connectivity index (χ0v) is 16.8. The van der Waals surface area contributed by atoms with Crippen LogP contribution in [-0.2, 0) is 0 Å². The first-order chi connectivity index (χ1) is 12.4. The molecule has 0 fully saturated rings. The minimum Gasteiger partial charge on any atom is -0.0622 e. The summed E-state index contributed by atoms with van der Waals surface area (Å²) in [4.78, 5) is 0. The van der Waals surface area contributed by atoms with Crippen LogP contribution in [0.25, 0.3) is 11.1 Å². The molecule has 2 aliphatic rings. The number of benzene rings is 2. The van der Waals surface area contributed by atoms with Crippen LogP contribution in [0.15, 0.2) is 76.9 Å². The van der Waals surface area contributed by atoms with Crippen LogP contribution in [0, 0.1) is 5.41 Å². The lowest BCUT2D eigenvalue weighted by Crippen LogP contribution is -2.19. The summed E-state index contributed by atoms with van der Waals surface area (Å²) < 4.78 is 0. The molecule has 2 aromatic carbocycles. The molecule has 2 aliphatic carbocycles. The molecule has 0 heterocycles. The Labute approximate surface area is 158 Å². The quantitative estimate of drug-likeness (QED) is 0.534. The van der Waals surface area contributed by atoms with E-state index >= 15 is 0 Å². The molecular weight excluding hydrogens is 312 g/mol. The summed E-state index contributed by atoms with van der Waals surface area (Å²) in [6.45, 7) is 14.0. The Balaban J connectivity index is 2.01. The number of allylic oxidation sites excluding steroid dienone is 6. The lowest BCUT2D eigenvalue weighted by atomic mass is 9.71. The Morgan fingerprint density at radius 1 is 0.692 bits per heavy atom. The molecule has 0 radical (unpaired) electrons. The highest BCUT2D eigenvalue weighted by Gasteiger charge is 2.43. The fraction of sp³-hybridized carbons (Fsp3) is 0.308. The van der Waals surface area contributed by atoms with Gasteiger partial charge in [-0.15, -0.1) is 0 Å². The molecule has 0 N–H and O–H groups in total. The summed E-state index contributed by atoms with van der Waals surface area (Å²) in [5.41, 5.74) is 13.3. The van der Waals surface area contributed by atoms with Crippen LogP contribution in [0.4, 0.5) is 0 Å². The molecule has 4 rings (SSSR count). The van der Waals surface area contributed by atoms with E-state index in [-0.39, 0.29) is 5.41 Å². The maximum atomic E-state index is 2.40. The van der Waals surface area contributed by atoms with Crippen LogP contribution in [0.2, 0.25) is 0 Å². The highest BCUT2D eigenvalue weighted by atomic mass is 14.5. The lowest BCUT2D eigenvalue weighted by Gasteiger charge is -2.32. The van der Waals surface area contributed by atoms with Gasteiger partial charge in [0.25, 0.3) is 0 Å². The number of hydrogen-bond acceptors (Lipinski definition) is 0. The van der Waals surface area contributed by atoms with Gasteiger partial charge in [0.05, 0.1) is 0 Å². The van der Waals surface area contributed by atoms with Gasteiger partial charge in [-0.3, -0.25) is 0 Å². The van der Waals surface area contributed by atoms with E-state index in [1.54, 1.807) is 5.57 Å². The van der Waals surface area contributed by atoms with Crippen molar-refractivity contribution in [2.75, 3.05) is 0 Å². The van der Waals surface area contributed by atoms with Gasteiger partial charge in [0.15, 0.2) is 0 Å². The van der Waals surface area contributed by atoms with Crippen molar-refractivity contribution < 1.29 is 0 Å². The summed E-state index contributed by atoms with van der Waals surface area (Å²) in [7, 11) is 0. The second-order valence-corrected chi connectivity index (χ2v) is 8.34. The molecule has 0 aliphatic heterocycles. The van der Waals surface area contributed by atoms with Crippen molar-refractivity contribution in [1.29, 1.82) is 0 Å². The fourth-order valence-corrected chi connectivity index (χ4v) is 5.11. The van der Waals surface area contributed by atoms with Gasteiger partial charge < -0.3 is 0 Å². The van der Waals surface area contributed by atoms with Gasteiger partial charge in [0.2, 0.25) is 0 Å². The first-order valence-electron chi connectivity index (χ1n) is 9.60. The zero-order chi connectivity index (χ0) is 18.6. The Morgan fingerprint density at radius 2 is 1.31 bits per heavy atom. The topological polar surface area (TPSA) is 0 Å². The number of hydrogen-bond donors (Lipinski definition) is 0. The fourth-order valence-electron chi connectivity index (χ4n) is 5.11. The molecular formula is C26H28. The minimum absolute atomic E-state index is 0.0938. The predicted octanol–water partition coefficient (Wildman–Crippen LogP) is 7.41. The Morgan fingerprint density at radius 3 is 1.92 bits per heavy atom. The minimum atomic E-state index is 0.0938. The molecule has 0 aromatic heterocycles. The van der Waals surface area contributed by atoms with Crippen LogP contribution in [0.1, 0.15) is 64.2 Å². The molecule has 0 amide bonds. The molecule has 1 unspecified atom stereocenters. The standard InChI is InChI=1S/C26H28/c1-16-17(2)25(26(5,6)19(16)4)24-22-15-11-10-14-21(22)18(3)23(24)20-12-8-7-9-13-20/h7-15,24H,1-6H3. The lowest BCUT2D eigenvalue weighted by molar-refractivity contribution is 0.524. The second kappa shape index (κ2) is 5.84. The summed E-state index contributed by atoms with van der Waals surface area (Å²) in [5.74, 6) is 0.344. The van der Waals surface area contributed by atoms with Crippen LogP contribution in [-0.4, -0.2) is 0 Å². The first kappa shape index (κ1) is 17.1. The summed E-state index contributed by atoms with van der Waals surface area (Å²) >= 11 is 0.